The first kappa shape index (κ1) is 21.4. The van der Waals surface area contributed by atoms with Crippen LogP contribution in [-0.4, -0.2) is 22.0 Å². The Morgan fingerprint density at radius 3 is 1.62 bits per heavy atom. The van der Waals surface area contributed by atoms with Crippen molar-refractivity contribution in [2.24, 2.45) is 14.1 Å². The minimum absolute atomic E-state index is 0.775. The van der Waals surface area contributed by atoms with E-state index >= 15 is 0 Å². The summed E-state index contributed by atoms with van der Waals surface area (Å²) in [5, 5.41) is 8.07. The van der Waals surface area contributed by atoms with Gasteiger partial charge in [-0.05, 0) is 35.4 Å². The predicted molar refractivity (Wildman–Crippen MR) is 115 cm³/mol. The fourth-order valence-electron chi connectivity index (χ4n) is 1.47. The van der Waals surface area contributed by atoms with Crippen molar-refractivity contribution in [3.05, 3.63) is 27.2 Å². The van der Waals surface area contributed by atoms with Crippen LogP contribution < -0.4 is 5.73 Å². The number of nitrogens with two attached hydrogens (primary N) is 1. The lowest BCUT2D eigenvalue weighted by atomic mass is 10.3. The monoisotopic (exact) mass is 629 g/mol. The molecule has 0 spiro atoms. The maximum atomic E-state index is 5.61. The molecule has 0 fully saturated rings. The highest BCUT2D eigenvalue weighted by molar-refractivity contribution is 14.2. The second-order valence-corrected chi connectivity index (χ2v) is 9.54. The van der Waals surface area contributed by atoms with E-state index in [2.05, 4.69) is 91.8 Å². The normalized spacial score (nSPS) is 9.48. The van der Waals surface area contributed by atoms with E-state index in [0.29, 0.717) is 0 Å². The van der Waals surface area contributed by atoms with E-state index in [9.17, 15) is 0 Å². The van der Waals surface area contributed by atoms with Crippen molar-refractivity contribution >= 4 is 73.6 Å². The molecule has 0 aliphatic heterocycles. The molecule has 2 heterocycles. The average Bonchev–Trinajstić information content (AvgIpc) is 2.96. The van der Waals surface area contributed by atoms with Gasteiger partial charge in [0.05, 0.1) is 14.8 Å². The molecule has 0 saturated heterocycles. The second kappa shape index (κ2) is 11.9. The summed E-state index contributed by atoms with van der Waals surface area (Å²) in [5.41, 5.74) is 8.07. The number of aryl methyl sites for hydroxylation is 4. The molecule has 120 valence electrons. The lowest BCUT2D eigenvalue weighted by molar-refractivity contribution is 0.746. The van der Waals surface area contributed by atoms with Crippen LogP contribution in [0.15, 0.2) is 12.4 Å². The number of rotatable bonds is 2. The highest BCUT2D eigenvalue weighted by atomic mass is 127. The first-order chi connectivity index (χ1) is 9.92. The van der Waals surface area contributed by atoms with Gasteiger partial charge in [0.2, 0.25) is 0 Å². The van der Waals surface area contributed by atoms with Gasteiger partial charge in [-0.2, -0.15) is 10.2 Å². The van der Waals surface area contributed by atoms with Gasteiger partial charge < -0.3 is 5.73 Å². The molecule has 0 bridgehead atoms. The maximum absolute atomic E-state index is 5.61. The Hall–Kier alpha value is 0.410. The van der Waals surface area contributed by atoms with Gasteiger partial charge in [-0.3, -0.25) is 9.36 Å². The largest absolute Gasteiger partial charge is 0.384 e. The number of nitrogens with zero attached hydrogens (tertiary/aromatic N) is 4. The summed E-state index contributed by atoms with van der Waals surface area (Å²) in [5.74, 6) is 0.775. The molecule has 0 aromatic carbocycles. The summed E-state index contributed by atoms with van der Waals surface area (Å²) in [6.45, 7) is 4.20. The zero-order chi connectivity index (χ0) is 16.4. The second-order valence-electron chi connectivity index (χ2n) is 4.07. The molecule has 0 aliphatic rings. The van der Waals surface area contributed by atoms with Crippen molar-refractivity contribution in [2.45, 2.75) is 26.7 Å². The third kappa shape index (κ3) is 7.48. The molecule has 2 aromatic heterocycles. The number of nitrogen functional groups attached to an aromatic ring is 1. The van der Waals surface area contributed by atoms with Gasteiger partial charge in [-0.1, -0.05) is 59.0 Å². The SMILES string of the molecule is CCc1cnn(C)c1I.CCc1cnn(C)c1N.ICI. The first-order valence-electron chi connectivity index (χ1n) is 6.47. The highest BCUT2D eigenvalue weighted by Crippen LogP contribution is 2.10. The van der Waals surface area contributed by atoms with Gasteiger partial charge in [-0.15, -0.1) is 0 Å². The van der Waals surface area contributed by atoms with Crippen LogP contribution in [0.2, 0.25) is 0 Å². The molecule has 8 heteroatoms. The molecular formula is C13H22I3N5. The molecule has 2 rings (SSSR count). The first-order valence-corrected chi connectivity index (χ1v) is 10.6. The van der Waals surface area contributed by atoms with Crippen LogP contribution in [0, 0.1) is 3.70 Å². The zero-order valence-corrected chi connectivity index (χ0v) is 19.2. The Labute approximate surface area is 167 Å². The zero-order valence-electron chi connectivity index (χ0n) is 12.8. The summed E-state index contributed by atoms with van der Waals surface area (Å²) >= 11 is 6.85. The van der Waals surface area contributed by atoms with E-state index in [1.165, 1.54) is 11.7 Å². The molecule has 21 heavy (non-hydrogen) atoms. The van der Waals surface area contributed by atoms with Crippen molar-refractivity contribution in [1.29, 1.82) is 0 Å². The Morgan fingerprint density at radius 1 is 1.00 bits per heavy atom. The number of aromatic nitrogens is 4. The van der Waals surface area contributed by atoms with E-state index in [1.54, 1.807) is 10.9 Å². The van der Waals surface area contributed by atoms with Crippen molar-refractivity contribution in [1.82, 2.24) is 19.6 Å². The average molecular weight is 629 g/mol. The van der Waals surface area contributed by atoms with Gasteiger partial charge >= 0.3 is 0 Å². The fourth-order valence-corrected chi connectivity index (χ4v) is 2.12. The van der Waals surface area contributed by atoms with Crippen molar-refractivity contribution < 1.29 is 0 Å². The Morgan fingerprint density at radius 2 is 1.43 bits per heavy atom. The summed E-state index contributed by atoms with van der Waals surface area (Å²) in [6, 6.07) is 0. The third-order valence-electron chi connectivity index (χ3n) is 2.76. The van der Waals surface area contributed by atoms with Crippen molar-refractivity contribution in [3.63, 3.8) is 0 Å². The van der Waals surface area contributed by atoms with Crippen LogP contribution in [0.4, 0.5) is 5.82 Å². The maximum Gasteiger partial charge on any atom is 0.124 e. The van der Waals surface area contributed by atoms with Crippen LogP contribution >= 0.6 is 67.8 Å². The Bertz CT molecular complexity index is 476. The van der Waals surface area contributed by atoms with Crippen LogP contribution in [-0.2, 0) is 26.9 Å². The lowest BCUT2D eigenvalue weighted by Gasteiger charge is -1.93. The summed E-state index contributed by atoms with van der Waals surface area (Å²) in [6.07, 6.45) is 5.75. The Kier molecular flexibility index (Phi) is 12.1. The molecule has 0 atom stereocenters. The predicted octanol–water partition coefficient (Wildman–Crippen LogP) is 3.97. The van der Waals surface area contributed by atoms with E-state index in [0.717, 1.165) is 24.2 Å². The Balaban J connectivity index is 0.000000322. The number of hydrogen-bond acceptors (Lipinski definition) is 3. The van der Waals surface area contributed by atoms with E-state index in [-0.39, 0.29) is 0 Å². The van der Waals surface area contributed by atoms with Crippen LogP contribution in [0.3, 0.4) is 0 Å². The van der Waals surface area contributed by atoms with Gasteiger partial charge in [0.1, 0.15) is 9.52 Å². The van der Waals surface area contributed by atoms with Crippen LogP contribution in [0.5, 0.6) is 0 Å². The number of hydrogen-bond donors (Lipinski definition) is 1. The summed E-state index contributed by atoms with van der Waals surface area (Å²) in [4.78, 5) is 0. The molecule has 0 amide bonds. The van der Waals surface area contributed by atoms with E-state index in [4.69, 9.17) is 5.73 Å². The van der Waals surface area contributed by atoms with E-state index in [1.807, 2.05) is 25.0 Å². The number of alkyl halides is 2. The molecule has 0 aliphatic carbocycles. The standard InChI is InChI=1S/C6H9IN2.C6H11N3.CH2I2/c2*1-3-5-4-8-9(2)6(5)7;2-1-3/h4H,3H2,1-2H3;4H,3,7H2,1-2H3;1H2. The third-order valence-corrected chi connectivity index (χ3v) is 4.15. The number of anilines is 1. The van der Waals surface area contributed by atoms with E-state index < -0.39 is 0 Å². The molecule has 5 nitrogen and oxygen atoms in total. The molecular weight excluding hydrogens is 607 g/mol. The smallest absolute Gasteiger partial charge is 0.124 e. The molecule has 0 unspecified atom stereocenters. The quantitative estimate of drug-likeness (QED) is 0.405. The van der Waals surface area contributed by atoms with Crippen molar-refractivity contribution in [2.75, 3.05) is 8.17 Å². The van der Waals surface area contributed by atoms with Crippen molar-refractivity contribution in [3.8, 4) is 0 Å². The molecule has 0 radical (unpaired) electrons. The lowest BCUT2D eigenvalue weighted by Crippen LogP contribution is -1.98. The van der Waals surface area contributed by atoms with Crippen LogP contribution in [0.1, 0.15) is 25.0 Å². The van der Waals surface area contributed by atoms with Gasteiger partial charge in [0, 0.05) is 25.2 Å². The van der Waals surface area contributed by atoms with Gasteiger partial charge in [0.25, 0.3) is 0 Å². The molecule has 0 saturated carbocycles. The molecule has 2 N–H and O–H groups in total. The van der Waals surface area contributed by atoms with Gasteiger partial charge in [-0.25, -0.2) is 0 Å². The minimum Gasteiger partial charge on any atom is -0.384 e. The topological polar surface area (TPSA) is 61.7 Å². The summed E-state index contributed by atoms with van der Waals surface area (Å²) in [7, 11) is 3.80. The molecule has 2 aromatic rings. The summed E-state index contributed by atoms with van der Waals surface area (Å²) < 4.78 is 6.00. The number of halogens is 3. The minimum atomic E-state index is 0.775. The highest BCUT2D eigenvalue weighted by Gasteiger charge is 2.00. The fraction of sp³-hybridized carbons (Fsp3) is 0.538. The van der Waals surface area contributed by atoms with Crippen LogP contribution in [0.25, 0.3) is 0 Å². The van der Waals surface area contributed by atoms with Gasteiger partial charge in [0.15, 0.2) is 0 Å².